The van der Waals surface area contributed by atoms with Crippen LogP contribution in [0.25, 0.3) is 44.5 Å². The lowest BCUT2D eigenvalue weighted by Crippen LogP contribution is -2.43. The molecule has 2 amide bonds. The molecule has 306 valence electrons. The van der Waals surface area contributed by atoms with Crippen molar-refractivity contribution in [3.63, 3.8) is 0 Å². The highest BCUT2D eigenvalue weighted by molar-refractivity contribution is 5.87. The molecule has 2 saturated carbocycles. The van der Waals surface area contributed by atoms with Gasteiger partial charge in [-0.2, -0.15) is 8.78 Å². The lowest BCUT2D eigenvalue weighted by Gasteiger charge is -2.35. The molecule has 6 aromatic rings. The van der Waals surface area contributed by atoms with Crippen molar-refractivity contribution < 1.29 is 27.8 Å². The molecule has 3 aliphatic carbocycles. The summed E-state index contributed by atoms with van der Waals surface area (Å²) in [6.45, 7) is 6.49. The van der Waals surface area contributed by atoms with Gasteiger partial charge in [-0.05, 0) is 140 Å². The number of rotatable bonds is 6. The zero-order valence-corrected chi connectivity index (χ0v) is 33.9. The third kappa shape index (κ3) is 6.18. The minimum Gasteiger partial charge on any atom is -0.445 e. The SMILES string of the molecule is CC(C)(C)OC(=O)N1C2CCC(C2)C1c1nc2ccc(-c3ccc4c(c3)C(F)(F)c3cc(-c5ccc(C6CC7(CC7)CN6C(=O)OCc6ccccc6)[nH]5)ccc3-4)cc2[nH]1. The van der Waals surface area contributed by atoms with E-state index in [9.17, 15) is 9.59 Å². The number of fused-ring (bicyclic) bond motifs is 6. The Morgan fingerprint density at radius 3 is 2.30 bits per heavy atom. The number of nitrogens with zero attached hydrogens (tertiary/aromatic N) is 3. The third-order valence-corrected chi connectivity index (χ3v) is 13.6. The number of amides is 2. The fourth-order valence-electron chi connectivity index (χ4n) is 10.5. The Hall–Kier alpha value is -5.97. The van der Waals surface area contributed by atoms with Gasteiger partial charge in [-0.3, -0.25) is 9.80 Å². The van der Waals surface area contributed by atoms with Crippen LogP contribution in [0.4, 0.5) is 18.4 Å². The number of carbonyl (C=O) groups excluding carboxylic acids is 2. The van der Waals surface area contributed by atoms with Crippen LogP contribution in [0.15, 0.2) is 97.1 Å². The van der Waals surface area contributed by atoms with E-state index in [-0.39, 0.29) is 53.5 Å². The first-order chi connectivity index (χ1) is 28.8. The highest BCUT2D eigenvalue weighted by Crippen LogP contribution is 2.59. The van der Waals surface area contributed by atoms with Crippen LogP contribution in [-0.4, -0.2) is 55.1 Å². The van der Waals surface area contributed by atoms with E-state index in [4.69, 9.17) is 14.5 Å². The number of hydrogen-bond donors (Lipinski definition) is 2. The number of imidazole rings is 1. The quantitative estimate of drug-likeness (QED) is 0.174. The summed E-state index contributed by atoms with van der Waals surface area (Å²) in [5, 5.41) is 0. The smallest absolute Gasteiger partial charge is 0.411 e. The average Bonchev–Trinajstić information content (AvgIpc) is 3.88. The van der Waals surface area contributed by atoms with Gasteiger partial charge in [-0.25, -0.2) is 14.6 Å². The molecule has 4 fully saturated rings. The monoisotopic (exact) mass is 807 g/mol. The molecule has 9 nitrogen and oxygen atoms in total. The van der Waals surface area contributed by atoms with Gasteiger partial charge in [0.15, 0.2) is 0 Å². The molecule has 2 aliphatic heterocycles. The first kappa shape index (κ1) is 37.1. The Morgan fingerprint density at radius 1 is 0.833 bits per heavy atom. The van der Waals surface area contributed by atoms with Gasteiger partial charge in [0.2, 0.25) is 0 Å². The predicted octanol–water partition coefficient (Wildman–Crippen LogP) is 11.7. The number of aromatic amines is 2. The molecule has 2 aromatic heterocycles. The van der Waals surface area contributed by atoms with Gasteiger partial charge in [0, 0.05) is 35.1 Å². The molecule has 4 heterocycles. The van der Waals surface area contributed by atoms with Gasteiger partial charge in [0.25, 0.3) is 5.92 Å². The molecule has 4 aromatic carbocycles. The molecule has 11 rings (SSSR count). The van der Waals surface area contributed by atoms with Crippen molar-refractivity contribution in [1.29, 1.82) is 0 Å². The van der Waals surface area contributed by atoms with Crippen LogP contribution in [0.3, 0.4) is 0 Å². The van der Waals surface area contributed by atoms with Crippen LogP contribution >= 0.6 is 0 Å². The number of halogens is 2. The summed E-state index contributed by atoms with van der Waals surface area (Å²) in [6.07, 6.45) is 5.27. The summed E-state index contributed by atoms with van der Waals surface area (Å²) in [6, 6.07) is 29.7. The zero-order chi connectivity index (χ0) is 41.1. The minimum atomic E-state index is -3.21. The van der Waals surface area contributed by atoms with Gasteiger partial charge >= 0.3 is 12.2 Å². The molecule has 2 saturated heterocycles. The second-order valence-electron chi connectivity index (χ2n) is 18.7. The summed E-state index contributed by atoms with van der Waals surface area (Å²) < 4.78 is 44.7. The number of H-pyrrole nitrogens is 2. The largest absolute Gasteiger partial charge is 0.445 e. The maximum absolute atomic E-state index is 16.6. The standard InChI is InChI=1S/C49H47F2N5O4/c1-47(2,3)60-46(58)56-33-13-9-32(21-33)43(56)44-53-39-16-12-30(24-41(39)54-44)29-10-14-34-35-15-11-31(23-37(35)49(50,51)36(34)22-29)38-17-18-40(52-38)42-25-48(19-20-48)27-55(42)45(57)59-26-28-7-5-4-6-8-28/h4-8,10-12,14-18,22-24,32-33,42-43,52H,9,13,19-21,25-27H2,1-3H3,(H,53,54). The van der Waals surface area contributed by atoms with E-state index >= 15 is 8.78 Å². The van der Waals surface area contributed by atoms with Crippen LogP contribution in [0.1, 0.15) is 99.6 Å². The van der Waals surface area contributed by atoms with Crippen LogP contribution < -0.4 is 0 Å². The summed E-state index contributed by atoms with van der Waals surface area (Å²) >= 11 is 0. The second-order valence-corrected chi connectivity index (χ2v) is 18.7. The van der Waals surface area contributed by atoms with Crippen LogP contribution in [0, 0.1) is 11.3 Å². The maximum atomic E-state index is 16.6. The summed E-state index contributed by atoms with van der Waals surface area (Å²) in [5.74, 6) is -2.18. The number of nitrogens with one attached hydrogen (secondary N) is 2. The molecule has 11 heteroatoms. The third-order valence-electron chi connectivity index (χ3n) is 13.6. The first-order valence-electron chi connectivity index (χ1n) is 21.2. The van der Waals surface area contributed by atoms with Crippen molar-refractivity contribution >= 4 is 23.2 Å². The van der Waals surface area contributed by atoms with Crippen molar-refractivity contribution in [3.05, 3.63) is 125 Å². The molecule has 4 atom stereocenters. The minimum absolute atomic E-state index is 0.0231. The number of likely N-dealkylation sites (tertiary alicyclic amines) is 2. The summed E-state index contributed by atoms with van der Waals surface area (Å²) in [7, 11) is 0. The normalized spacial score (nSPS) is 23.0. The molecular formula is C49H47F2N5O4. The van der Waals surface area contributed by atoms with Crippen LogP contribution in [0.2, 0.25) is 0 Å². The number of carbonyl (C=O) groups is 2. The summed E-state index contributed by atoms with van der Waals surface area (Å²) in [5.41, 5.74) is 6.72. The molecular weight excluding hydrogens is 761 g/mol. The predicted molar refractivity (Wildman–Crippen MR) is 224 cm³/mol. The number of ether oxygens (including phenoxy) is 2. The van der Waals surface area contributed by atoms with Gasteiger partial charge in [0.1, 0.15) is 18.0 Å². The van der Waals surface area contributed by atoms with E-state index in [2.05, 4.69) is 9.97 Å². The number of aromatic nitrogens is 3. The van der Waals surface area contributed by atoms with E-state index in [1.54, 1.807) is 24.3 Å². The number of hydrogen-bond acceptors (Lipinski definition) is 5. The summed E-state index contributed by atoms with van der Waals surface area (Å²) in [4.78, 5) is 42.4. The van der Waals surface area contributed by atoms with E-state index < -0.39 is 11.5 Å². The average molecular weight is 808 g/mol. The highest BCUT2D eigenvalue weighted by atomic mass is 19.3. The maximum Gasteiger partial charge on any atom is 0.411 e. The van der Waals surface area contributed by atoms with Crippen molar-refractivity contribution in [2.24, 2.45) is 11.3 Å². The Morgan fingerprint density at radius 2 is 1.55 bits per heavy atom. The van der Waals surface area contributed by atoms with E-state index in [0.717, 1.165) is 77.9 Å². The van der Waals surface area contributed by atoms with Crippen LogP contribution in [-0.2, 0) is 22.0 Å². The van der Waals surface area contributed by atoms with Gasteiger partial charge in [-0.15, -0.1) is 0 Å². The second kappa shape index (κ2) is 13.3. The fourth-order valence-corrected chi connectivity index (χ4v) is 10.5. The van der Waals surface area contributed by atoms with E-state index in [1.165, 1.54) is 0 Å². The molecule has 5 aliphatic rings. The van der Waals surface area contributed by atoms with Crippen molar-refractivity contribution in [2.45, 2.75) is 95.6 Å². The lowest BCUT2D eigenvalue weighted by molar-refractivity contribution is 0.00620. The Labute approximate surface area is 347 Å². The molecule has 60 heavy (non-hydrogen) atoms. The Kier molecular flexibility index (Phi) is 8.19. The van der Waals surface area contributed by atoms with E-state index in [0.29, 0.717) is 34.7 Å². The van der Waals surface area contributed by atoms with E-state index in [1.807, 2.05) is 103 Å². The zero-order valence-electron chi connectivity index (χ0n) is 33.9. The molecule has 2 N–H and O–H groups in total. The van der Waals surface area contributed by atoms with Crippen LogP contribution in [0.5, 0.6) is 0 Å². The molecule has 0 radical (unpaired) electrons. The van der Waals surface area contributed by atoms with Gasteiger partial charge < -0.3 is 19.4 Å². The first-order valence-corrected chi connectivity index (χ1v) is 21.2. The Balaban J connectivity index is 0.837. The Bertz CT molecular complexity index is 2690. The molecule has 1 spiro atoms. The molecule has 2 bridgehead atoms. The fraction of sp³-hybridized carbons (Fsp3) is 0.367. The molecule has 4 unspecified atom stereocenters. The van der Waals surface area contributed by atoms with Crippen molar-refractivity contribution in [3.8, 4) is 33.5 Å². The highest BCUT2D eigenvalue weighted by Gasteiger charge is 2.55. The number of benzene rings is 4. The van der Waals surface area contributed by atoms with Gasteiger partial charge in [-0.1, -0.05) is 60.7 Å². The number of piperidine rings is 1. The van der Waals surface area contributed by atoms with Crippen molar-refractivity contribution in [2.75, 3.05) is 6.54 Å². The lowest BCUT2D eigenvalue weighted by atomic mass is 9.98. The van der Waals surface area contributed by atoms with Crippen molar-refractivity contribution in [1.82, 2.24) is 24.8 Å². The topological polar surface area (TPSA) is 104 Å². The van der Waals surface area contributed by atoms with Gasteiger partial charge in [0.05, 0.1) is 23.1 Å². The number of alkyl halides is 2.